The number of nitro benzene ring substituents is 1. The van der Waals surface area contributed by atoms with Gasteiger partial charge in [-0.3, -0.25) is 24.5 Å². The zero-order valence-electron chi connectivity index (χ0n) is 25.2. The van der Waals surface area contributed by atoms with Crippen molar-refractivity contribution in [3.8, 4) is 0 Å². The van der Waals surface area contributed by atoms with E-state index >= 15 is 0 Å². The zero-order valence-corrected chi connectivity index (χ0v) is 26.9. The Bertz CT molecular complexity index is 1850. The number of aryl methyl sites for hydroxylation is 1. The van der Waals surface area contributed by atoms with Crippen LogP contribution in [0.3, 0.4) is 0 Å². The normalized spacial score (nSPS) is 12.4. The quantitative estimate of drug-likeness (QED) is 0.0540. The first kappa shape index (κ1) is 33.1. The van der Waals surface area contributed by atoms with E-state index in [4.69, 9.17) is 4.74 Å². The maximum atomic E-state index is 13.4. The third kappa shape index (κ3) is 8.51. The molecule has 1 aliphatic carbocycles. The predicted octanol–water partition coefficient (Wildman–Crippen LogP) is 6.46. The highest BCUT2D eigenvalue weighted by Gasteiger charge is 2.27. The van der Waals surface area contributed by atoms with E-state index in [1.54, 1.807) is 54.6 Å². The van der Waals surface area contributed by atoms with Crippen molar-refractivity contribution in [3.05, 3.63) is 122 Å². The van der Waals surface area contributed by atoms with Gasteiger partial charge < -0.3 is 20.7 Å². The molecule has 0 aliphatic heterocycles. The van der Waals surface area contributed by atoms with Crippen LogP contribution in [-0.2, 0) is 27.2 Å². The number of non-ortho nitro benzene ring substituents is 1. The lowest BCUT2D eigenvalue weighted by atomic mass is 9.95. The van der Waals surface area contributed by atoms with Crippen LogP contribution in [0, 0.1) is 10.1 Å². The van der Waals surface area contributed by atoms with Gasteiger partial charge in [0.2, 0.25) is 5.91 Å². The smallest absolute Gasteiger partial charge is 0.341 e. The van der Waals surface area contributed by atoms with Gasteiger partial charge in [0.1, 0.15) is 10.7 Å². The van der Waals surface area contributed by atoms with Gasteiger partial charge in [0.25, 0.3) is 17.5 Å². The molecule has 240 valence electrons. The number of anilines is 2. The number of esters is 1. The Balaban J connectivity index is 1.27. The lowest BCUT2D eigenvalue weighted by molar-refractivity contribution is -0.384. The van der Waals surface area contributed by atoms with Gasteiger partial charge in [-0.15, -0.1) is 23.1 Å². The SMILES string of the molecule is COC(=O)c1c(NC(=O)CSc2cccc(NC(=O)/C(=C\c3ccc([N+](=O)[O-])cc3)NC(=O)c3ccccc3)c2)sc2c1CCCC2. The highest BCUT2D eigenvalue weighted by atomic mass is 32.2. The van der Waals surface area contributed by atoms with Gasteiger partial charge in [0.05, 0.1) is 23.3 Å². The first-order valence-electron chi connectivity index (χ1n) is 14.6. The molecule has 0 radical (unpaired) electrons. The van der Waals surface area contributed by atoms with Crippen molar-refractivity contribution in [2.75, 3.05) is 23.5 Å². The van der Waals surface area contributed by atoms with Crippen LogP contribution >= 0.6 is 23.1 Å². The number of carbonyl (C=O) groups excluding carboxylic acids is 4. The Kier molecular flexibility index (Phi) is 10.8. The number of ether oxygens (including phenoxy) is 1. The van der Waals surface area contributed by atoms with Crippen molar-refractivity contribution in [1.29, 1.82) is 0 Å². The Hall–Kier alpha value is -5.27. The van der Waals surface area contributed by atoms with E-state index in [2.05, 4.69) is 16.0 Å². The highest BCUT2D eigenvalue weighted by molar-refractivity contribution is 8.00. The third-order valence-corrected chi connectivity index (χ3v) is 9.42. The largest absolute Gasteiger partial charge is 0.465 e. The Morgan fingerprint density at radius 2 is 1.70 bits per heavy atom. The molecule has 5 rings (SSSR count). The number of thioether (sulfide) groups is 1. The summed E-state index contributed by atoms with van der Waals surface area (Å²) in [7, 11) is 1.33. The number of fused-ring (bicyclic) bond motifs is 1. The first-order valence-corrected chi connectivity index (χ1v) is 16.4. The van der Waals surface area contributed by atoms with Crippen LogP contribution in [0.5, 0.6) is 0 Å². The molecule has 0 fully saturated rings. The van der Waals surface area contributed by atoms with E-state index in [1.165, 1.54) is 60.5 Å². The van der Waals surface area contributed by atoms with E-state index in [9.17, 15) is 29.3 Å². The molecule has 1 heterocycles. The highest BCUT2D eigenvalue weighted by Crippen LogP contribution is 2.38. The lowest BCUT2D eigenvalue weighted by Crippen LogP contribution is -2.30. The molecule has 3 amide bonds. The summed E-state index contributed by atoms with van der Waals surface area (Å²) < 4.78 is 4.99. The predicted molar refractivity (Wildman–Crippen MR) is 182 cm³/mol. The molecule has 3 N–H and O–H groups in total. The van der Waals surface area contributed by atoms with E-state index < -0.39 is 22.7 Å². The van der Waals surface area contributed by atoms with Gasteiger partial charge in [0.15, 0.2) is 0 Å². The van der Waals surface area contributed by atoms with E-state index in [-0.39, 0.29) is 23.0 Å². The van der Waals surface area contributed by atoms with Crippen LogP contribution in [0.1, 0.15) is 49.6 Å². The zero-order chi connectivity index (χ0) is 33.3. The molecule has 0 atom stereocenters. The van der Waals surface area contributed by atoms with Gasteiger partial charge >= 0.3 is 5.97 Å². The van der Waals surface area contributed by atoms with E-state index in [0.717, 1.165) is 36.1 Å². The molecule has 13 heteroatoms. The molecule has 3 aromatic carbocycles. The van der Waals surface area contributed by atoms with Gasteiger partial charge in [-0.2, -0.15) is 0 Å². The summed E-state index contributed by atoms with van der Waals surface area (Å²) in [5.74, 6) is -1.82. The molecular weight excluding hydrogens is 641 g/mol. The molecule has 0 unspecified atom stereocenters. The maximum Gasteiger partial charge on any atom is 0.341 e. The van der Waals surface area contributed by atoms with Crippen LogP contribution in [0.4, 0.5) is 16.4 Å². The minimum atomic E-state index is -0.621. The van der Waals surface area contributed by atoms with Crippen LogP contribution < -0.4 is 16.0 Å². The summed E-state index contributed by atoms with van der Waals surface area (Å²) in [6, 6.07) is 20.8. The molecule has 0 saturated heterocycles. The fourth-order valence-corrected chi connectivity index (χ4v) is 7.00. The summed E-state index contributed by atoms with van der Waals surface area (Å²) in [6.45, 7) is 0. The number of hydrogen-bond acceptors (Lipinski definition) is 9. The molecule has 0 saturated carbocycles. The minimum absolute atomic E-state index is 0.0546. The molecule has 0 spiro atoms. The Labute approximate surface area is 278 Å². The van der Waals surface area contributed by atoms with Crippen molar-refractivity contribution >= 4 is 69.2 Å². The average Bonchev–Trinajstić information content (AvgIpc) is 3.45. The van der Waals surface area contributed by atoms with Crippen molar-refractivity contribution in [2.24, 2.45) is 0 Å². The van der Waals surface area contributed by atoms with Crippen LogP contribution in [0.2, 0.25) is 0 Å². The summed E-state index contributed by atoms with van der Waals surface area (Å²) in [6.07, 6.45) is 5.09. The molecule has 11 nitrogen and oxygen atoms in total. The summed E-state index contributed by atoms with van der Waals surface area (Å²) in [4.78, 5) is 64.1. The second kappa shape index (κ2) is 15.3. The van der Waals surface area contributed by atoms with Crippen molar-refractivity contribution in [1.82, 2.24) is 5.32 Å². The van der Waals surface area contributed by atoms with Crippen molar-refractivity contribution in [3.63, 3.8) is 0 Å². The van der Waals surface area contributed by atoms with Crippen molar-refractivity contribution in [2.45, 2.75) is 30.6 Å². The number of nitrogens with one attached hydrogen (secondary N) is 3. The van der Waals surface area contributed by atoms with Crippen LogP contribution in [-0.4, -0.2) is 41.5 Å². The Morgan fingerprint density at radius 3 is 2.43 bits per heavy atom. The third-order valence-electron chi connectivity index (χ3n) is 7.22. The second-order valence-electron chi connectivity index (χ2n) is 10.5. The Morgan fingerprint density at radius 1 is 0.957 bits per heavy atom. The van der Waals surface area contributed by atoms with Gasteiger partial charge in [-0.05, 0) is 85.4 Å². The van der Waals surface area contributed by atoms with E-state index in [1.807, 2.05) is 0 Å². The van der Waals surface area contributed by atoms with E-state index in [0.29, 0.717) is 32.3 Å². The molecular formula is C34H30N4O7S2. The summed E-state index contributed by atoms with van der Waals surface area (Å²) >= 11 is 2.67. The van der Waals surface area contributed by atoms with Crippen molar-refractivity contribution < 1.29 is 28.8 Å². The fraction of sp³-hybridized carbons (Fsp3) is 0.176. The number of hydrogen-bond donors (Lipinski definition) is 3. The van der Waals surface area contributed by atoms with Crippen LogP contribution in [0.25, 0.3) is 6.08 Å². The van der Waals surface area contributed by atoms with Gasteiger partial charge in [-0.1, -0.05) is 24.3 Å². The number of amides is 3. The standard InChI is InChI=1S/C34H30N4O7S2/c1-45-34(42)30-26-12-5-6-13-28(26)47-33(30)37-29(39)20-46-25-11-7-10-23(19-25)35-32(41)27(36-31(40)22-8-3-2-4-9-22)18-21-14-16-24(17-15-21)38(43)44/h2-4,7-11,14-19H,5-6,12-13,20H2,1H3,(H,35,41)(H,36,40)(H,37,39)/b27-18+. The number of nitro groups is 1. The number of nitrogens with zero attached hydrogens (tertiary/aromatic N) is 1. The number of thiophene rings is 1. The van der Waals surface area contributed by atoms with Gasteiger partial charge in [0, 0.05) is 33.2 Å². The van der Waals surface area contributed by atoms with Gasteiger partial charge in [-0.25, -0.2) is 4.79 Å². The first-order chi connectivity index (χ1) is 22.7. The maximum absolute atomic E-state index is 13.4. The lowest BCUT2D eigenvalue weighted by Gasteiger charge is -2.12. The monoisotopic (exact) mass is 670 g/mol. The molecule has 4 aromatic rings. The van der Waals surface area contributed by atoms with Crippen LogP contribution in [0.15, 0.2) is 89.5 Å². The molecule has 47 heavy (non-hydrogen) atoms. The fourth-order valence-electron chi connectivity index (χ4n) is 4.95. The summed E-state index contributed by atoms with van der Waals surface area (Å²) in [5, 5.41) is 19.9. The number of carbonyl (C=O) groups is 4. The number of benzene rings is 3. The molecule has 1 aromatic heterocycles. The molecule has 0 bridgehead atoms. The number of rotatable bonds is 11. The molecule has 1 aliphatic rings. The average molecular weight is 671 g/mol. The topological polar surface area (TPSA) is 157 Å². The minimum Gasteiger partial charge on any atom is -0.465 e. The second-order valence-corrected chi connectivity index (χ2v) is 12.6. The summed E-state index contributed by atoms with van der Waals surface area (Å²) in [5.41, 5.74) is 2.43. The number of methoxy groups -OCH3 is 1.